The molecule has 0 aromatic carbocycles. The standard InChI is InChI=1S/C5H8N2S4.C2H4.2CH2.Mn.Zn/c8-4-6-1-2-7-5(9)11-3-10-4;1-2;;;;/h1-3H2,(H,6,8)(H,7,9);1-2H2;2*1H2;;. The van der Waals surface area contributed by atoms with E-state index in [4.69, 9.17) is 24.4 Å². The third-order valence-electron chi connectivity index (χ3n) is 1.04. The summed E-state index contributed by atoms with van der Waals surface area (Å²) in [5, 5.41) is 10.5. The minimum atomic E-state index is 0.854. The summed E-state index contributed by atoms with van der Waals surface area (Å²) >= 11 is 17.1. The fourth-order valence-corrected chi connectivity index (χ4v) is 3.14. The summed E-state index contributed by atoms with van der Waals surface area (Å²) in [5.41, 5.74) is 3.06. The summed E-state index contributed by atoms with van der Waals surface area (Å²) in [6.07, 6.45) is 0. The molecular weight excluding hydrogens is 385 g/mol. The molecule has 2 nitrogen and oxygen atoms in total. The van der Waals surface area contributed by atoms with Gasteiger partial charge in [0, 0.05) is 13.1 Å². The van der Waals surface area contributed by atoms with Crippen LogP contribution in [-0.4, -0.2) is 37.4 Å². The fourth-order valence-electron chi connectivity index (χ4n) is 0.568. The van der Waals surface area contributed by atoms with Gasteiger partial charge >= 0.3 is 44.0 Å². The number of rotatable bonds is 0. The molecule has 0 aliphatic carbocycles. The summed E-state index contributed by atoms with van der Waals surface area (Å²) in [7, 11) is 0. The molecule has 0 bridgehead atoms. The topological polar surface area (TPSA) is 24.1 Å². The van der Waals surface area contributed by atoms with Gasteiger partial charge in [0.25, 0.3) is 0 Å². The summed E-state index contributed by atoms with van der Waals surface area (Å²) in [4.78, 5) is 0. The molecule has 1 aliphatic heterocycles. The SMILES string of the molecule is C=C.S=C1NCCNC(=S)SCS1.[CH2]=[Mn].[CH2]=[Zn]. The molecule has 0 unspecified atom stereocenters. The number of hydrogen-bond donors (Lipinski definition) is 2. The fraction of sp³-hybridized carbons (Fsp3) is 0.333. The van der Waals surface area contributed by atoms with E-state index in [0.29, 0.717) is 0 Å². The van der Waals surface area contributed by atoms with Crippen molar-refractivity contribution in [2.45, 2.75) is 0 Å². The van der Waals surface area contributed by atoms with E-state index in [-0.39, 0.29) is 0 Å². The molecule has 95 valence electrons. The Morgan fingerprint density at radius 3 is 1.59 bits per heavy atom. The van der Waals surface area contributed by atoms with E-state index in [9.17, 15) is 0 Å². The van der Waals surface area contributed by atoms with Gasteiger partial charge in [-0.3, -0.25) is 0 Å². The van der Waals surface area contributed by atoms with Crippen molar-refractivity contribution in [3.8, 4) is 0 Å². The molecule has 1 rings (SSSR count). The molecule has 1 aliphatic rings. The Balaban J connectivity index is -0.000000285. The van der Waals surface area contributed by atoms with Crippen molar-refractivity contribution < 1.29 is 33.4 Å². The molecule has 17 heavy (non-hydrogen) atoms. The van der Waals surface area contributed by atoms with Gasteiger partial charge in [-0.25, -0.2) is 0 Å². The molecule has 8 heteroatoms. The Kier molecular flexibility index (Phi) is 30.4. The zero-order valence-electron chi connectivity index (χ0n) is 9.67. The van der Waals surface area contributed by atoms with Gasteiger partial charge in [0.1, 0.15) is 8.64 Å². The van der Waals surface area contributed by atoms with Crippen LogP contribution < -0.4 is 10.6 Å². The number of thiocarbonyl (C=S) groups is 2. The van der Waals surface area contributed by atoms with Crippen molar-refractivity contribution >= 4 is 67.1 Å². The van der Waals surface area contributed by atoms with Crippen LogP contribution in [0.15, 0.2) is 13.2 Å². The van der Waals surface area contributed by atoms with Crippen molar-refractivity contribution in [3.05, 3.63) is 13.2 Å². The normalized spacial score (nSPS) is 14.2. The van der Waals surface area contributed by atoms with Gasteiger partial charge in [0.2, 0.25) is 0 Å². The van der Waals surface area contributed by atoms with Crippen molar-refractivity contribution in [3.63, 3.8) is 0 Å². The van der Waals surface area contributed by atoms with Crippen molar-refractivity contribution in [2.75, 3.05) is 18.2 Å². The molecule has 0 radical (unpaired) electrons. The molecule has 1 saturated heterocycles. The third-order valence-corrected chi connectivity index (χ3v) is 3.80. The van der Waals surface area contributed by atoms with E-state index in [0.717, 1.165) is 44.7 Å². The predicted octanol–water partition coefficient (Wildman–Crippen LogP) is 1.91. The van der Waals surface area contributed by atoms with E-state index in [1.807, 2.05) is 0 Å². The van der Waals surface area contributed by atoms with Crippen LogP contribution in [0.2, 0.25) is 0 Å². The average molecular weight is 401 g/mol. The number of nitrogens with one attached hydrogen (secondary N) is 2. The summed E-state index contributed by atoms with van der Waals surface area (Å²) in [6, 6.07) is 0. The number of thioether (sulfide) groups is 2. The van der Waals surface area contributed by atoms with Crippen LogP contribution in [0.4, 0.5) is 0 Å². The monoisotopic (exact) mass is 399 g/mol. The van der Waals surface area contributed by atoms with Gasteiger partial charge in [-0.05, 0) is 0 Å². The van der Waals surface area contributed by atoms with Crippen LogP contribution in [0.3, 0.4) is 0 Å². The van der Waals surface area contributed by atoms with E-state index < -0.39 is 0 Å². The molecule has 0 atom stereocenters. The van der Waals surface area contributed by atoms with Gasteiger partial charge in [0.15, 0.2) is 0 Å². The van der Waals surface area contributed by atoms with E-state index >= 15 is 0 Å². The Morgan fingerprint density at radius 1 is 1.00 bits per heavy atom. The van der Waals surface area contributed by atoms with E-state index in [1.54, 1.807) is 23.5 Å². The van der Waals surface area contributed by atoms with Gasteiger partial charge in [-0.1, -0.05) is 48.0 Å². The van der Waals surface area contributed by atoms with Crippen LogP contribution in [-0.2, 0) is 33.4 Å². The first-order chi connectivity index (χ1) is 8.29. The maximum atomic E-state index is 5.02. The Labute approximate surface area is 141 Å². The van der Waals surface area contributed by atoms with Gasteiger partial charge in [0.05, 0.1) is 5.08 Å². The van der Waals surface area contributed by atoms with Crippen molar-refractivity contribution in [1.82, 2.24) is 10.6 Å². The molecule has 2 N–H and O–H groups in total. The van der Waals surface area contributed by atoms with Gasteiger partial charge < -0.3 is 10.6 Å². The average Bonchev–Trinajstić information content (AvgIpc) is 2.50. The van der Waals surface area contributed by atoms with Gasteiger partial charge in [-0.15, -0.1) is 13.2 Å². The molecular formula is C9H16MnN2S4Zn. The van der Waals surface area contributed by atoms with Crippen LogP contribution in [0, 0.1) is 0 Å². The van der Waals surface area contributed by atoms with Gasteiger partial charge in [-0.2, -0.15) is 0 Å². The van der Waals surface area contributed by atoms with Crippen LogP contribution in [0.5, 0.6) is 0 Å². The summed E-state index contributed by atoms with van der Waals surface area (Å²) in [6.45, 7) is 7.71. The molecule has 0 amide bonds. The van der Waals surface area contributed by atoms with Crippen molar-refractivity contribution in [2.24, 2.45) is 0 Å². The first-order valence-corrected chi connectivity index (χ1v) is 10.1. The number of hydrogen-bond acceptors (Lipinski definition) is 4. The summed E-state index contributed by atoms with van der Waals surface area (Å²) < 4.78 is 1.73. The summed E-state index contributed by atoms with van der Waals surface area (Å²) in [5.74, 6) is 0. The van der Waals surface area contributed by atoms with Crippen LogP contribution in [0.25, 0.3) is 0 Å². The zero-order valence-corrected chi connectivity index (χ0v) is 17.1. The quantitative estimate of drug-likeness (QED) is 0.366. The molecule has 0 spiro atoms. The molecule has 1 fully saturated rings. The second kappa shape index (κ2) is 22.3. The molecule has 1 heterocycles. The second-order valence-corrected chi connectivity index (χ2v) is 5.50. The van der Waals surface area contributed by atoms with E-state index in [1.165, 1.54) is 0 Å². The molecule has 0 saturated carbocycles. The molecule has 0 aromatic heterocycles. The second-order valence-electron chi connectivity index (χ2n) is 1.83. The first-order valence-electron chi connectivity index (χ1n) is 4.37. The first kappa shape index (κ1) is 23.2. The zero-order chi connectivity index (χ0) is 14.1. The Morgan fingerprint density at radius 2 is 1.29 bits per heavy atom. The Bertz CT molecular complexity index is 196. The van der Waals surface area contributed by atoms with E-state index in [2.05, 4.69) is 49.9 Å². The minimum absolute atomic E-state index is 0.854. The maximum absolute atomic E-state index is 5.02. The third kappa shape index (κ3) is 19.6. The predicted molar refractivity (Wildman–Crippen MR) is 86.7 cm³/mol. The Hall–Kier alpha value is 1.10. The van der Waals surface area contributed by atoms with Crippen LogP contribution >= 0.6 is 48.0 Å². The molecule has 0 aromatic rings. The van der Waals surface area contributed by atoms with Crippen molar-refractivity contribution in [1.29, 1.82) is 0 Å². The van der Waals surface area contributed by atoms with Crippen LogP contribution in [0.1, 0.15) is 0 Å².